The van der Waals surface area contributed by atoms with Crippen LogP contribution in [-0.2, 0) is 23.4 Å². The maximum atomic E-state index is 15.5. The summed E-state index contributed by atoms with van der Waals surface area (Å²) in [6, 6.07) is -0.690. The van der Waals surface area contributed by atoms with E-state index in [2.05, 4.69) is 25.4 Å². The van der Waals surface area contributed by atoms with Gasteiger partial charge in [0, 0.05) is 6.04 Å². The third-order valence-corrected chi connectivity index (χ3v) is 8.12. The van der Waals surface area contributed by atoms with E-state index in [1.807, 2.05) is 0 Å². The quantitative estimate of drug-likeness (QED) is 0.174. The highest BCUT2D eigenvalue weighted by molar-refractivity contribution is 7.36. The fourth-order valence-corrected chi connectivity index (χ4v) is 5.81. The van der Waals surface area contributed by atoms with E-state index in [0.717, 1.165) is 25.7 Å². The molecule has 0 bridgehead atoms. The highest BCUT2D eigenvalue weighted by Crippen LogP contribution is 2.42. The summed E-state index contributed by atoms with van der Waals surface area (Å²) in [7, 11) is -3.01. The van der Waals surface area contributed by atoms with E-state index in [4.69, 9.17) is 31.3 Å². The number of esters is 1. The number of halogens is 2. The van der Waals surface area contributed by atoms with E-state index in [1.165, 1.54) is 17.8 Å². The minimum atomic E-state index is -3.01. The summed E-state index contributed by atoms with van der Waals surface area (Å²) in [6.07, 6.45) is 0.139. The molecule has 0 amide bonds. The van der Waals surface area contributed by atoms with E-state index in [0.29, 0.717) is 11.3 Å². The molecule has 212 valence electrons. The zero-order valence-corrected chi connectivity index (χ0v) is 23.2. The van der Waals surface area contributed by atoms with E-state index < -0.39 is 50.9 Å². The normalized spacial score (nSPS) is 27.7. The van der Waals surface area contributed by atoms with E-state index in [1.54, 1.807) is 13.8 Å². The van der Waals surface area contributed by atoms with Gasteiger partial charge in [-0.1, -0.05) is 12.8 Å². The maximum Gasteiger partial charge on any atom is 0.323 e. The molecule has 1 saturated carbocycles. The molecular formula is C22H34ClFN7O6P. The number of rotatable bonds is 11. The molecule has 2 aromatic heterocycles. The number of hydrogen-bond donors (Lipinski definition) is 4. The molecule has 0 aromatic carbocycles. The van der Waals surface area contributed by atoms with Gasteiger partial charge in [-0.3, -0.25) is 13.9 Å². The van der Waals surface area contributed by atoms with E-state index in [9.17, 15) is 14.5 Å². The van der Waals surface area contributed by atoms with Crippen molar-refractivity contribution >= 4 is 48.7 Å². The van der Waals surface area contributed by atoms with Crippen LogP contribution >= 0.6 is 19.8 Å². The van der Waals surface area contributed by atoms with Crippen LogP contribution in [0.25, 0.3) is 11.2 Å². The summed E-state index contributed by atoms with van der Waals surface area (Å²) in [4.78, 5) is 24.8. The molecule has 1 aliphatic heterocycles. The molecule has 0 spiro atoms. The molecule has 1 saturated heterocycles. The predicted molar refractivity (Wildman–Crippen MR) is 139 cm³/mol. The van der Waals surface area contributed by atoms with Gasteiger partial charge in [-0.25, -0.2) is 14.5 Å². The lowest BCUT2D eigenvalue weighted by Crippen LogP contribution is -2.47. The average molecular weight is 578 g/mol. The Balaban J connectivity index is 1.49. The number of anilines is 2. The summed E-state index contributed by atoms with van der Waals surface area (Å²) < 4.78 is 45.6. The predicted octanol–water partition coefficient (Wildman–Crippen LogP) is 2.30. The summed E-state index contributed by atoms with van der Waals surface area (Å²) in [5.74, 6) is -0.571. The minimum Gasteiger partial charge on any atom is -0.462 e. The van der Waals surface area contributed by atoms with Crippen molar-refractivity contribution in [1.82, 2.24) is 24.6 Å². The number of nitrogens with two attached hydrogens (primary N) is 1. The van der Waals surface area contributed by atoms with Crippen LogP contribution in [0, 0.1) is 0 Å². The topological polar surface area (TPSA) is 176 Å². The summed E-state index contributed by atoms with van der Waals surface area (Å²) in [6.45, 7) is 4.33. The van der Waals surface area contributed by atoms with Crippen molar-refractivity contribution in [3.63, 3.8) is 0 Å². The first-order valence-electron chi connectivity index (χ1n) is 12.5. The SMILES string of the molecule is CC(C)OC(=O)[C@H](C)N[PH](=O)OC[C@@]1(CCl)O[C@@H](n2cnc3c(NC4CCCC4)nc(N)nc32)[C@@H](F)[C@@H]1O. The lowest BCUT2D eigenvalue weighted by atomic mass is 9.99. The molecule has 38 heavy (non-hydrogen) atoms. The Bertz CT molecular complexity index is 1170. The number of fused-ring (bicyclic) bond motifs is 1. The number of ether oxygens (including phenoxy) is 2. The number of nitrogens with zero attached hydrogens (tertiary/aromatic N) is 4. The van der Waals surface area contributed by atoms with Gasteiger partial charge in [0.15, 0.2) is 29.4 Å². The van der Waals surface area contributed by atoms with Crippen LogP contribution in [0.2, 0.25) is 0 Å². The number of nitrogen functional groups attached to an aromatic ring is 1. The van der Waals surface area contributed by atoms with Crippen molar-refractivity contribution in [2.75, 3.05) is 23.5 Å². The van der Waals surface area contributed by atoms with Gasteiger partial charge in [-0.2, -0.15) is 9.97 Å². The summed E-state index contributed by atoms with van der Waals surface area (Å²) in [5, 5.41) is 16.6. The molecule has 4 rings (SSSR count). The Morgan fingerprint density at radius 1 is 1.39 bits per heavy atom. The monoisotopic (exact) mass is 577 g/mol. The number of aliphatic hydroxyl groups is 1. The molecule has 13 nitrogen and oxygen atoms in total. The smallest absolute Gasteiger partial charge is 0.323 e. The van der Waals surface area contributed by atoms with E-state index in [-0.39, 0.29) is 29.6 Å². The third-order valence-electron chi connectivity index (χ3n) is 6.59. The molecule has 3 heterocycles. The average Bonchev–Trinajstić information content (AvgIpc) is 3.58. The molecule has 2 fully saturated rings. The van der Waals surface area contributed by atoms with Crippen molar-refractivity contribution in [3.8, 4) is 0 Å². The van der Waals surface area contributed by atoms with Crippen LogP contribution in [0.1, 0.15) is 52.7 Å². The lowest BCUT2D eigenvalue weighted by Gasteiger charge is -2.29. The number of aromatic nitrogens is 4. The molecule has 0 radical (unpaired) electrons. The highest BCUT2D eigenvalue weighted by atomic mass is 35.5. The van der Waals surface area contributed by atoms with Crippen molar-refractivity contribution in [2.24, 2.45) is 0 Å². The fourth-order valence-electron chi connectivity index (χ4n) is 4.58. The van der Waals surface area contributed by atoms with Crippen molar-refractivity contribution in [1.29, 1.82) is 0 Å². The molecule has 2 aromatic rings. The zero-order valence-electron chi connectivity index (χ0n) is 21.4. The first kappa shape index (κ1) is 28.9. The third kappa shape index (κ3) is 6.05. The standard InChI is InChI=1S/C22H34ClFN7O6P/c1-11(2)36-20(33)12(3)30-38(34)35-9-22(8-23)16(32)14(24)19(37-22)31-10-26-15-17(27-13-6-4-5-7-13)28-21(25)29-18(15)31/h10-14,16,19,32,38H,4-9H2,1-3H3,(H,30,34)(H3,25,27,28,29)/t12-,14-,16-,19+,22+/m0/s1. The van der Waals surface area contributed by atoms with Gasteiger partial charge in [-0.05, 0) is 33.6 Å². The molecule has 5 N–H and O–H groups in total. The van der Waals surface area contributed by atoms with E-state index >= 15 is 4.39 Å². The van der Waals surface area contributed by atoms with Gasteiger partial charge in [0.05, 0.1) is 24.9 Å². The Labute approximate surface area is 224 Å². The van der Waals surface area contributed by atoms with Gasteiger partial charge in [-0.15, -0.1) is 11.6 Å². The Morgan fingerprint density at radius 3 is 2.76 bits per heavy atom. The fraction of sp³-hybridized carbons (Fsp3) is 0.727. The van der Waals surface area contributed by atoms with Crippen LogP contribution in [0.4, 0.5) is 16.2 Å². The van der Waals surface area contributed by atoms with Crippen LogP contribution in [-0.4, -0.2) is 79.1 Å². The molecule has 1 aliphatic carbocycles. The number of imidazole rings is 1. The molecule has 1 unspecified atom stereocenters. The number of hydrogen-bond acceptors (Lipinski definition) is 11. The largest absolute Gasteiger partial charge is 0.462 e. The van der Waals surface area contributed by atoms with Crippen molar-refractivity contribution in [2.45, 2.75) is 88.7 Å². The lowest BCUT2D eigenvalue weighted by molar-refractivity contribution is -0.149. The van der Waals surface area contributed by atoms with Crippen LogP contribution in [0.15, 0.2) is 6.33 Å². The minimum absolute atomic E-state index is 0.0320. The van der Waals surface area contributed by atoms with Crippen LogP contribution in [0.3, 0.4) is 0 Å². The van der Waals surface area contributed by atoms with Gasteiger partial charge in [0.1, 0.15) is 17.7 Å². The number of aliphatic hydroxyl groups excluding tert-OH is 1. The maximum absolute atomic E-state index is 15.5. The van der Waals surface area contributed by atoms with Crippen LogP contribution in [0.5, 0.6) is 0 Å². The second kappa shape index (κ2) is 12.0. The molecule has 6 atom stereocenters. The first-order valence-corrected chi connectivity index (χ1v) is 14.4. The summed E-state index contributed by atoms with van der Waals surface area (Å²) in [5.41, 5.74) is 4.80. The van der Waals surface area contributed by atoms with Gasteiger partial charge in [0.25, 0.3) is 8.18 Å². The second-order valence-electron chi connectivity index (χ2n) is 9.90. The Hall–Kier alpha value is -2.09. The molecule has 2 aliphatic rings. The second-order valence-corrected chi connectivity index (χ2v) is 11.3. The number of carbonyl (C=O) groups is 1. The number of nitrogens with one attached hydrogen (secondary N) is 2. The Kier molecular flexibility index (Phi) is 9.11. The van der Waals surface area contributed by atoms with Crippen LogP contribution < -0.4 is 16.1 Å². The number of alkyl halides is 2. The highest BCUT2D eigenvalue weighted by Gasteiger charge is 2.56. The van der Waals surface area contributed by atoms with Gasteiger partial charge >= 0.3 is 5.97 Å². The molecular weight excluding hydrogens is 544 g/mol. The first-order chi connectivity index (χ1) is 18.0. The van der Waals surface area contributed by atoms with Crippen molar-refractivity contribution < 1.29 is 32.9 Å². The molecule has 16 heteroatoms. The van der Waals surface area contributed by atoms with Crippen molar-refractivity contribution in [3.05, 3.63) is 6.33 Å². The van der Waals surface area contributed by atoms with Gasteiger partial charge < -0.3 is 30.2 Å². The summed E-state index contributed by atoms with van der Waals surface area (Å²) >= 11 is 6.11. The Morgan fingerprint density at radius 2 is 2.11 bits per heavy atom. The zero-order chi connectivity index (χ0) is 27.6. The number of carbonyl (C=O) groups excluding carboxylic acids is 1. The van der Waals surface area contributed by atoms with Gasteiger partial charge in [0.2, 0.25) is 5.95 Å².